The molecule has 0 bridgehead atoms. The van der Waals surface area contributed by atoms with Gasteiger partial charge in [0.15, 0.2) is 4.34 Å². The largest absolute Gasteiger partial charge is 0.346 e. The molecule has 1 aromatic heterocycles. The summed E-state index contributed by atoms with van der Waals surface area (Å²) in [5, 5.41) is 7.41. The van der Waals surface area contributed by atoms with Gasteiger partial charge in [-0.1, -0.05) is 30.0 Å². The molecule has 0 aliphatic heterocycles. The number of anilines is 1. The molecule has 1 heterocycles. The smallest absolute Gasteiger partial charge is 0.243 e. The van der Waals surface area contributed by atoms with Crippen LogP contribution in [0.2, 0.25) is 0 Å². The average molecular weight is 349 g/mol. The number of aromatic nitrogens is 1. The van der Waals surface area contributed by atoms with Gasteiger partial charge in [-0.3, -0.25) is 9.59 Å². The third-order valence-corrected chi connectivity index (χ3v) is 5.26. The van der Waals surface area contributed by atoms with Gasteiger partial charge in [0.1, 0.15) is 0 Å². The van der Waals surface area contributed by atoms with Crippen LogP contribution >= 0.6 is 23.1 Å². The lowest BCUT2D eigenvalue weighted by atomic mass is 10.1. The minimum atomic E-state index is -0.231. The van der Waals surface area contributed by atoms with Crippen LogP contribution in [0.15, 0.2) is 27.9 Å². The molecule has 0 saturated heterocycles. The topological polar surface area (TPSA) is 71.1 Å². The Morgan fingerprint density at radius 3 is 2.48 bits per heavy atom. The zero-order valence-electron chi connectivity index (χ0n) is 13.3. The molecule has 0 spiro atoms. The van der Waals surface area contributed by atoms with Crippen molar-refractivity contribution in [3.05, 3.63) is 40.4 Å². The first-order valence-corrected chi connectivity index (χ1v) is 9.00. The van der Waals surface area contributed by atoms with E-state index in [2.05, 4.69) is 15.6 Å². The molecule has 0 atom stereocenters. The fourth-order valence-electron chi connectivity index (χ4n) is 1.95. The summed E-state index contributed by atoms with van der Waals surface area (Å²) in [6.45, 7) is 5.75. The second-order valence-corrected chi connectivity index (χ2v) is 7.22. The van der Waals surface area contributed by atoms with E-state index in [1.807, 2.05) is 44.4 Å². The second-order valence-electron chi connectivity index (χ2n) is 5.14. The summed E-state index contributed by atoms with van der Waals surface area (Å²) in [4.78, 5) is 28.0. The number of nitrogens with one attached hydrogen (secondary N) is 2. The van der Waals surface area contributed by atoms with Crippen LogP contribution in [0.4, 0.5) is 5.69 Å². The van der Waals surface area contributed by atoms with E-state index in [1.165, 1.54) is 23.1 Å². The SMILES string of the molecule is Cc1csc(SCC(=O)NCC(=O)Nc2c(C)cccc2C)n1. The zero-order valence-corrected chi connectivity index (χ0v) is 14.9. The molecule has 0 radical (unpaired) electrons. The number of benzene rings is 1. The van der Waals surface area contributed by atoms with Crippen molar-refractivity contribution in [2.45, 2.75) is 25.1 Å². The van der Waals surface area contributed by atoms with Crippen molar-refractivity contribution < 1.29 is 9.59 Å². The Morgan fingerprint density at radius 2 is 1.87 bits per heavy atom. The third kappa shape index (κ3) is 5.37. The molecule has 2 aromatic rings. The first kappa shape index (κ1) is 17.5. The first-order valence-electron chi connectivity index (χ1n) is 7.13. The molecular formula is C16H19N3O2S2. The molecular weight excluding hydrogens is 330 g/mol. The first-order chi connectivity index (χ1) is 11.0. The Labute approximate surface area is 143 Å². The quantitative estimate of drug-likeness (QED) is 0.787. The molecule has 5 nitrogen and oxygen atoms in total. The van der Waals surface area contributed by atoms with Crippen molar-refractivity contribution in [1.82, 2.24) is 10.3 Å². The Kier molecular flexibility index (Phi) is 6.18. The van der Waals surface area contributed by atoms with Gasteiger partial charge >= 0.3 is 0 Å². The number of aryl methyl sites for hydroxylation is 3. The van der Waals surface area contributed by atoms with Crippen LogP contribution < -0.4 is 10.6 Å². The normalized spacial score (nSPS) is 10.4. The van der Waals surface area contributed by atoms with E-state index in [0.717, 1.165) is 26.8 Å². The zero-order chi connectivity index (χ0) is 16.8. The molecule has 0 aliphatic rings. The number of thioether (sulfide) groups is 1. The number of para-hydroxylation sites is 1. The van der Waals surface area contributed by atoms with Crippen molar-refractivity contribution in [1.29, 1.82) is 0 Å². The molecule has 0 aliphatic carbocycles. The van der Waals surface area contributed by atoms with Crippen LogP contribution in [0.1, 0.15) is 16.8 Å². The summed E-state index contributed by atoms with van der Waals surface area (Å²) in [7, 11) is 0. The van der Waals surface area contributed by atoms with Crippen LogP contribution in [-0.4, -0.2) is 29.1 Å². The van der Waals surface area contributed by atoms with Gasteiger partial charge in [-0.05, 0) is 31.9 Å². The number of carbonyl (C=O) groups excluding carboxylic acids is 2. The van der Waals surface area contributed by atoms with Crippen LogP contribution in [0, 0.1) is 20.8 Å². The maximum Gasteiger partial charge on any atom is 0.243 e. The van der Waals surface area contributed by atoms with Crippen LogP contribution in [0.3, 0.4) is 0 Å². The summed E-state index contributed by atoms with van der Waals surface area (Å²) >= 11 is 2.89. The molecule has 2 amide bonds. The second kappa shape index (κ2) is 8.12. The maximum absolute atomic E-state index is 12.0. The number of rotatable bonds is 6. The van der Waals surface area contributed by atoms with Crippen molar-refractivity contribution in [3.63, 3.8) is 0 Å². The summed E-state index contributed by atoms with van der Waals surface area (Å²) in [5.41, 5.74) is 3.75. The average Bonchev–Trinajstić information content (AvgIpc) is 2.92. The van der Waals surface area contributed by atoms with Gasteiger partial charge < -0.3 is 10.6 Å². The van der Waals surface area contributed by atoms with E-state index < -0.39 is 0 Å². The lowest BCUT2D eigenvalue weighted by Gasteiger charge is -2.11. The number of amides is 2. The van der Waals surface area contributed by atoms with Crippen LogP contribution in [0.5, 0.6) is 0 Å². The van der Waals surface area contributed by atoms with Crippen molar-refractivity contribution >= 4 is 40.6 Å². The van der Waals surface area contributed by atoms with Gasteiger partial charge in [-0.2, -0.15) is 0 Å². The molecule has 23 heavy (non-hydrogen) atoms. The summed E-state index contributed by atoms with van der Waals surface area (Å²) in [6.07, 6.45) is 0. The molecule has 2 rings (SSSR count). The van der Waals surface area contributed by atoms with Crippen molar-refractivity contribution in [2.75, 3.05) is 17.6 Å². The lowest BCUT2D eigenvalue weighted by molar-refractivity contribution is -0.122. The monoisotopic (exact) mass is 349 g/mol. The summed E-state index contributed by atoms with van der Waals surface area (Å²) in [5.74, 6) is -0.158. The molecule has 0 fully saturated rings. The minimum absolute atomic E-state index is 0.0376. The number of hydrogen-bond acceptors (Lipinski definition) is 5. The number of nitrogens with zero attached hydrogens (tertiary/aromatic N) is 1. The molecule has 0 saturated carbocycles. The van der Waals surface area contributed by atoms with E-state index in [9.17, 15) is 9.59 Å². The van der Waals surface area contributed by atoms with Gasteiger partial charge in [0.2, 0.25) is 11.8 Å². The van der Waals surface area contributed by atoms with Gasteiger partial charge in [0, 0.05) is 16.8 Å². The predicted octanol–water partition coefficient (Wildman–Crippen LogP) is 2.92. The third-order valence-electron chi connectivity index (χ3n) is 3.12. The Balaban J connectivity index is 1.76. The Bertz CT molecular complexity index is 693. The van der Waals surface area contributed by atoms with Gasteiger partial charge in [-0.15, -0.1) is 11.3 Å². The predicted molar refractivity (Wildman–Crippen MR) is 95.1 cm³/mol. The van der Waals surface area contributed by atoms with E-state index in [1.54, 1.807) is 0 Å². The Hall–Kier alpha value is -1.86. The number of carbonyl (C=O) groups is 2. The molecule has 122 valence electrons. The standard InChI is InChI=1S/C16H19N3O2S2/c1-10-5-4-6-11(2)15(10)19-13(20)7-17-14(21)9-23-16-18-12(3)8-22-16/h4-6,8H,7,9H2,1-3H3,(H,17,21)(H,19,20). The molecule has 0 unspecified atom stereocenters. The van der Waals surface area contributed by atoms with Gasteiger partial charge in [0.25, 0.3) is 0 Å². The van der Waals surface area contributed by atoms with Crippen molar-refractivity contribution in [3.8, 4) is 0 Å². The highest BCUT2D eigenvalue weighted by Gasteiger charge is 2.10. The highest BCUT2D eigenvalue weighted by Crippen LogP contribution is 2.22. The highest BCUT2D eigenvalue weighted by atomic mass is 32.2. The fraction of sp³-hybridized carbons (Fsp3) is 0.312. The number of thiazole rings is 1. The molecule has 1 aromatic carbocycles. The minimum Gasteiger partial charge on any atom is -0.346 e. The van der Waals surface area contributed by atoms with Crippen LogP contribution in [0.25, 0.3) is 0 Å². The molecule has 7 heteroatoms. The summed E-state index contributed by atoms with van der Waals surface area (Å²) in [6, 6.07) is 5.82. The maximum atomic E-state index is 12.0. The fourth-order valence-corrected chi connectivity index (χ4v) is 3.63. The van der Waals surface area contributed by atoms with E-state index >= 15 is 0 Å². The van der Waals surface area contributed by atoms with E-state index in [4.69, 9.17) is 0 Å². The number of hydrogen-bond donors (Lipinski definition) is 2. The van der Waals surface area contributed by atoms with Crippen LogP contribution in [-0.2, 0) is 9.59 Å². The van der Waals surface area contributed by atoms with Gasteiger partial charge in [0.05, 0.1) is 12.3 Å². The highest BCUT2D eigenvalue weighted by molar-refractivity contribution is 8.01. The molecule has 2 N–H and O–H groups in total. The van der Waals surface area contributed by atoms with E-state index in [-0.39, 0.29) is 24.1 Å². The summed E-state index contributed by atoms with van der Waals surface area (Å²) < 4.78 is 0.859. The van der Waals surface area contributed by atoms with Crippen molar-refractivity contribution in [2.24, 2.45) is 0 Å². The van der Waals surface area contributed by atoms with Gasteiger partial charge in [-0.25, -0.2) is 4.98 Å². The Morgan fingerprint density at radius 1 is 1.17 bits per heavy atom. The van der Waals surface area contributed by atoms with E-state index in [0.29, 0.717) is 0 Å². The lowest BCUT2D eigenvalue weighted by Crippen LogP contribution is -2.34.